The number of hydrogen-bond donors (Lipinski definition) is 1. The fourth-order valence-electron chi connectivity index (χ4n) is 3.07. The molecular formula is C18H18FN3O5S. The van der Waals surface area contributed by atoms with E-state index in [4.69, 9.17) is 0 Å². The number of rotatable bonds is 5. The van der Waals surface area contributed by atoms with Gasteiger partial charge in [-0.25, -0.2) is 12.8 Å². The van der Waals surface area contributed by atoms with Crippen LogP contribution in [0.25, 0.3) is 0 Å². The maximum absolute atomic E-state index is 14.1. The van der Waals surface area contributed by atoms with E-state index in [9.17, 15) is 27.7 Å². The SMILES string of the molecule is O=C(Nc1cc([N+](=O)[O-])ccc1F)C(c1ccccc1)N1CCS(=O)(=O)CC1. The van der Waals surface area contributed by atoms with Gasteiger partial charge < -0.3 is 5.32 Å². The molecule has 148 valence electrons. The molecule has 0 aliphatic carbocycles. The van der Waals surface area contributed by atoms with E-state index in [1.807, 2.05) is 0 Å². The third-order valence-corrected chi connectivity index (χ3v) is 6.14. The molecule has 3 rings (SSSR count). The van der Waals surface area contributed by atoms with E-state index in [-0.39, 0.29) is 36.0 Å². The third kappa shape index (κ3) is 4.52. The number of halogens is 1. The number of carbonyl (C=O) groups is 1. The van der Waals surface area contributed by atoms with Crippen LogP contribution in [-0.2, 0) is 14.6 Å². The molecule has 0 spiro atoms. The molecule has 1 fully saturated rings. The number of carbonyl (C=O) groups excluding carboxylic acids is 1. The number of nitro groups is 1. The average Bonchev–Trinajstić information content (AvgIpc) is 2.66. The number of nitrogens with one attached hydrogen (secondary N) is 1. The van der Waals surface area contributed by atoms with Crippen molar-refractivity contribution in [1.82, 2.24) is 4.90 Å². The highest BCUT2D eigenvalue weighted by molar-refractivity contribution is 7.91. The smallest absolute Gasteiger partial charge is 0.271 e. The molecule has 1 heterocycles. The van der Waals surface area contributed by atoms with Crippen molar-refractivity contribution in [3.05, 3.63) is 70.0 Å². The van der Waals surface area contributed by atoms with Gasteiger partial charge in [0.1, 0.15) is 11.9 Å². The summed E-state index contributed by atoms with van der Waals surface area (Å²) in [4.78, 5) is 24.9. The van der Waals surface area contributed by atoms with E-state index in [0.29, 0.717) is 5.56 Å². The summed E-state index contributed by atoms with van der Waals surface area (Å²) in [7, 11) is -3.15. The Morgan fingerprint density at radius 1 is 1.14 bits per heavy atom. The maximum Gasteiger partial charge on any atom is 0.271 e. The molecule has 0 radical (unpaired) electrons. The van der Waals surface area contributed by atoms with Crippen LogP contribution in [0.5, 0.6) is 0 Å². The lowest BCUT2D eigenvalue weighted by molar-refractivity contribution is -0.384. The first-order chi connectivity index (χ1) is 13.3. The molecule has 1 amide bonds. The van der Waals surface area contributed by atoms with Crippen molar-refractivity contribution < 1.29 is 22.5 Å². The van der Waals surface area contributed by atoms with Gasteiger partial charge in [0.15, 0.2) is 9.84 Å². The Morgan fingerprint density at radius 3 is 2.39 bits per heavy atom. The van der Waals surface area contributed by atoms with Gasteiger partial charge in [-0.3, -0.25) is 19.8 Å². The molecule has 0 saturated carbocycles. The van der Waals surface area contributed by atoms with Gasteiger partial charge in [-0.05, 0) is 11.6 Å². The van der Waals surface area contributed by atoms with Crippen LogP contribution in [0.3, 0.4) is 0 Å². The lowest BCUT2D eigenvalue weighted by Gasteiger charge is -2.33. The molecule has 28 heavy (non-hydrogen) atoms. The van der Waals surface area contributed by atoms with E-state index in [2.05, 4.69) is 5.32 Å². The minimum atomic E-state index is -3.15. The van der Waals surface area contributed by atoms with E-state index >= 15 is 0 Å². The average molecular weight is 407 g/mol. The zero-order valence-corrected chi connectivity index (χ0v) is 15.6. The first-order valence-corrected chi connectivity index (χ1v) is 10.3. The molecular weight excluding hydrogens is 389 g/mol. The predicted molar refractivity (Wildman–Crippen MR) is 101 cm³/mol. The summed E-state index contributed by atoms with van der Waals surface area (Å²) < 4.78 is 37.5. The molecule has 1 unspecified atom stereocenters. The van der Waals surface area contributed by atoms with Crippen molar-refractivity contribution in [3.63, 3.8) is 0 Å². The second-order valence-electron chi connectivity index (χ2n) is 6.41. The molecule has 1 aliphatic rings. The van der Waals surface area contributed by atoms with Gasteiger partial charge in [0.25, 0.3) is 5.69 Å². The molecule has 1 N–H and O–H groups in total. The predicted octanol–water partition coefficient (Wildman–Crippen LogP) is 2.14. The number of amides is 1. The summed E-state index contributed by atoms with van der Waals surface area (Å²) in [6.45, 7) is 0.319. The molecule has 1 saturated heterocycles. The normalized spacial score (nSPS) is 17.6. The van der Waals surface area contributed by atoms with E-state index in [1.54, 1.807) is 35.2 Å². The van der Waals surface area contributed by atoms with Crippen molar-refractivity contribution in [2.45, 2.75) is 6.04 Å². The highest BCUT2D eigenvalue weighted by Crippen LogP contribution is 2.27. The topological polar surface area (TPSA) is 110 Å². The Balaban J connectivity index is 1.89. The number of anilines is 1. The second-order valence-corrected chi connectivity index (χ2v) is 8.72. The zero-order chi connectivity index (χ0) is 20.3. The zero-order valence-electron chi connectivity index (χ0n) is 14.7. The van der Waals surface area contributed by atoms with E-state index in [0.717, 1.165) is 18.2 Å². The number of non-ortho nitro benzene ring substituents is 1. The lowest BCUT2D eigenvalue weighted by atomic mass is 10.0. The van der Waals surface area contributed by atoms with Gasteiger partial charge in [0, 0.05) is 25.2 Å². The number of sulfone groups is 1. The van der Waals surface area contributed by atoms with E-state index in [1.165, 1.54) is 0 Å². The van der Waals surface area contributed by atoms with Gasteiger partial charge in [-0.2, -0.15) is 0 Å². The minimum Gasteiger partial charge on any atom is -0.322 e. The van der Waals surface area contributed by atoms with Crippen LogP contribution >= 0.6 is 0 Å². The van der Waals surface area contributed by atoms with Gasteiger partial charge in [-0.15, -0.1) is 0 Å². The fraction of sp³-hybridized carbons (Fsp3) is 0.278. The molecule has 0 aromatic heterocycles. The first-order valence-electron chi connectivity index (χ1n) is 8.51. The number of nitro benzene ring substituents is 1. The monoisotopic (exact) mass is 407 g/mol. The Kier molecular flexibility index (Phi) is 5.71. The van der Waals surface area contributed by atoms with Gasteiger partial charge >= 0.3 is 0 Å². The largest absolute Gasteiger partial charge is 0.322 e. The number of nitrogens with zero attached hydrogens (tertiary/aromatic N) is 2. The molecule has 2 aromatic rings. The van der Waals surface area contributed by atoms with Crippen molar-refractivity contribution in [2.75, 3.05) is 29.9 Å². The van der Waals surface area contributed by atoms with Crippen LogP contribution in [0.15, 0.2) is 48.5 Å². The Labute approximate surface area is 161 Å². The minimum absolute atomic E-state index is 0.0746. The highest BCUT2D eigenvalue weighted by atomic mass is 32.2. The summed E-state index contributed by atoms with van der Waals surface area (Å²) in [6, 6.07) is 10.7. The molecule has 1 aliphatic heterocycles. The standard InChI is InChI=1S/C18H18FN3O5S/c19-15-7-6-14(22(24)25)12-16(15)20-18(23)17(13-4-2-1-3-5-13)21-8-10-28(26,27)11-9-21/h1-7,12,17H,8-11H2,(H,20,23). The quantitative estimate of drug-likeness (QED) is 0.601. The van der Waals surface area contributed by atoms with Crippen LogP contribution in [-0.4, -0.2) is 48.7 Å². The molecule has 1 atom stereocenters. The number of benzene rings is 2. The molecule has 10 heteroatoms. The van der Waals surface area contributed by atoms with Crippen molar-refractivity contribution in [3.8, 4) is 0 Å². The molecule has 2 aromatic carbocycles. The first kappa shape index (κ1) is 19.9. The van der Waals surface area contributed by atoms with Crippen molar-refractivity contribution >= 4 is 27.1 Å². The van der Waals surface area contributed by atoms with Crippen LogP contribution in [0.1, 0.15) is 11.6 Å². The van der Waals surface area contributed by atoms with Gasteiger partial charge in [-0.1, -0.05) is 30.3 Å². The highest BCUT2D eigenvalue weighted by Gasteiger charge is 2.33. The molecule has 8 nitrogen and oxygen atoms in total. The fourth-order valence-corrected chi connectivity index (χ4v) is 4.30. The summed E-state index contributed by atoms with van der Waals surface area (Å²) in [6.07, 6.45) is 0. The lowest BCUT2D eigenvalue weighted by Crippen LogP contribution is -2.46. The maximum atomic E-state index is 14.1. The third-order valence-electron chi connectivity index (χ3n) is 4.53. The van der Waals surface area contributed by atoms with Gasteiger partial charge in [0.2, 0.25) is 5.91 Å². The molecule has 0 bridgehead atoms. The van der Waals surface area contributed by atoms with Crippen LogP contribution in [0, 0.1) is 15.9 Å². The van der Waals surface area contributed by atoms with E-state index < -0.39 is 32.5 Å². The Morgan fingerprint density at radius 2 is 1.79 bits per heavy atom. The summed E-state index contributed by atoms with van der Waals surface area (Å²) in [5.41, 5.74) is -0.0353. The van der Waals surface area contributed by atoms with Crippen molar-refractivity contribution in [1.29, 1.82) is 0 Å². The van der Waals surface area contributed by atoms with Crippen LogP contribution < -0.4 is 5.32 Å². The van der Waals surface area contributed by atoms with Crippen LogP contribution in [0.2, 0.25) is 0 Å². The summed E-state index contributed by atoms with van der Waals surface area (Å²) in [5.74, 6) is -1.54. The second kappa shape index (κ2) is 8.03. The van der Waals surface area contributed by atoms with Gasteiger partial charge in [0.05, 0.1) is 22.1 Å². The Bertz CT molecular complexity index is 984. The Hall–Kier alpha value is -2.85. The summed E-state index contributed by atoms with van der Waals surface area (Å²) >= 11 is 0. The van der Waals surface area contributed by atoms with Crippen LogP contribution in [0.4, 0.5) is 15.8 Å². The summed E-state index contributed by atoms with van der Waals surface area (Å²) in [5, 5.41) is 13.3. The number of hydrogen-bond acceptors (Lipinski definition) is 6. The van der Waals surface area contributed by atoms with Crippen molar-refractivity contribution in [2.24, 2.45) is 0 Å².